The van der Waals surface area contributed by atoms with Crippen molar-refractivity contribution >= 4 is 23.4 Å². The van der Waals surface area contributed by atoms with Gasteiger partial charge in [-0.2, -0.15) is 0 Å². The molecular formula is C21H25ClN2O2. The third-order valence-electron chi connectivity index (χ3n) is 5.13. The molecule has 1 fully saturated rings. The number of nitrogens with zero attached hydrogens (tertiary/aromatic N) is 1. The standard InChI is InChI=1S/C21H25ClN2O2/c1-14(2)15-4-3-5-16(10-15)20-13-24(21(25)26)12-17(20)11-23-19-8-6-18(22)7-9-19/h3-10,14,17,20,23H,11-13H2,1-2H3,(H,25,26)/t17-,20+/m1/s1. The first kappa shape index (κ1) is 18.6. The van der Waals surface area contributed by atoms with Crippen LogP contribution in [0.15, 0.2) is 48.5 Å². The number of carbonyl (C=O) groups is 1. The Morgan fingerprint density at radius 2 is 1.96 bits per heavy atom. The lowest BCUT2D eigenvalue weighted by molar-refractivity contribution is 0.154. The van der Waals surface area contributed by atoms with Crippen LogP contribution >= 0.6 is 11.6 Å². The van der Waals surface area contributed by atoms with E-state index < -0.39 is 6.09 Å². The van der Waals surface area contributed by atoms with Gasteiger partial charge in [-0.15, -0.1) is 0 Å². The van der Waals surface area contributed by atoms with Gasteiger partial charge in [0.05, 0.1) is 0 Å². The van der Waals surface area contributed by atoms with Gasteiger partial charge in [-0.25, -0.2) is 4.79 Å². The Labute approximate surface area is 159 Å². The topological polar surface area (TPSA) is 52.6 Å². The largest absolute Gasteiger partial charge is 0.465 e. The molecule has 0 aromatic heterocycles. The van der Waals surface area contributed by atoms with Crippen LogP contribution in [0.25, 0.3) is 0 Å². The predicted molar refractivity (Wildman–Crippen MR) is 106 cm³/mol. The van der Waals surface area contributed by atoms with E-state index in [4.69, 9.17) is 11.6 Å². The van der Waals surface area contributed by atoms with Gasteiger partial charge >= 0.3 is 6.09 Å². The summed E-state index contributed by atoms with van der Waals surface area (Å²) >= 11 is 5.94. The number of anilines is 1. The molecule has 3 rings (SSSR count). The van der Waals surface area contributed by atoms with Crippen molar-refractivity contribution in [3.05, 3.63) is 64.7 Å². The van der Waals surface area contributed by atoms with E-state index in [0.29, 0.717) is 24.0 Å². The lowest BCUT2D eigenvalue weighted by atomic mass is 9.87. The van der Waals surface area contributed by atoms with Gasteiger partial charge in [0, 0.05) is 42.2 Å². The van der Waals surface area contributed by atoms with Gasteiger partial charge in [0.1, 0.15) is 0 Å². The second kappa shape index (κ2) is 8.00. The minimum absolute atomic E-state index is 0.199. The highest BCUT2D eigenvalue weighted by molar-refractivity contribution is 6.30. The van der Waals surface area contributed by atoms with E-state index in [1.807, 2.05) is 24.3 Å². The number of hydrogen-bond acceptors (Lipinski definition) is 2. The predicted octanol–water partition coefficient (Wildman–Crippen LogP) is 5.27. The molecule has 1 saturated heterocycles. The van der Waals surface area contributed by atoms with Crippen molar-refractivity contribution in [1.82, 2.24) is 4.90 Å². The molecule has 0 bridgehead atoms. The minimum Gasteiger partial charge on any atom is -0.465 e. The van der Waals surface area contributed by atoms with Crippen LogP contribution in [0, 0.1) is 5.92 Å². The van der Waals surface area contributed by atoms with Crippen molar-refractivity contribution in [3.8, 4) is 0 Å². The van der Waals surface area contributed by atoms with Gasteiger partial charge in [-0.1, -0.05) is 49.7 Å². The molecule has 2 atom stereocenters. The third kappa shape index (κ3) is 4.31. The maximum atomic E-state index is 11.5. The summed E-state index contributed by atoms with van der Waals surface area (Å²) < 4.78 is 0. The number of carboxylic acid groups (broad SMARTS) is 1. The van der Waals surface area contributed by atoms with E-state index >= 15 is 0 Å². The fraction of sp³-hybridized carbons (Fsp3) is 0.381. The molecule has 1 aliphatic heterocycles. The Balaban J connectivity index is 1.77. The molecule has 0 spiro atoms. The summed E-state index contributed by atoms with van der Waals surface area (Å²) in [5.41, 5.74) is 3.52. The maximum absolute atomic E-state index is 11.5. The summed E-state index contributed by atoms with van der Waals surface area (Å²) in [6.07, 6.45) is -0.844. The Kier molecular flexibility index (Phi) is 5.72. The molecule has 2 aromatic carbocycles. The highest BCUT2D eigenvalue weighted by atomic mass is 35.5. The van der Waals surface area contributed by atoms with Gasteiger partial charge in [-0.05, 0) is 41.3 Å². The lowest BCUT2D eigenvalue weighted by Crippen LogP contribution is -2.27. The van der Waals surface area contributed by atoms with Crippen molar-refractivity contribution in [3.63, 3.8) is 0 Å². The first-order valence-electron chi connectivity index (χ1n) is 9.01. The van der Waals surface area contributed by atoms with Crippen molar-refractivity contribution in [2.45, 2.75) is 25.7 Å². The average molecular weight is 373 g/mol. The number of hydrogen-bond donors (Lipinski definition) is 2. The lowest BCUT2D eigenvalue weighted by Gasteiger charge is -2.20. The third-order valence-corrected chi connectivity index (χ3v) is 5.38. The van der Waals surface area contributed by atoms with Crippen LogP contribution in [0.3, 0.4) is 0 Å². The van der Waals surface area contributed by atoms with Crippen LogP contribution in [-0.4, -0.2) is 35.7 Å². The van der Waals surface area contributed by atoms with Crippen molar-refractivity contribution < 1.29 is 9.90 Å². The highest BCUT2D eigenvalue weighted by Gasteiger charge is 2.36. The summed E-state index contributed by atoms with van der Waals surface area (Å²) in [5.74, 6) is 0.881. The zero-order valence-corrected chi connectivity index (χ0v) is 15.9. The zero-order valence-electron chi connectivity index (χ0n) is 15.2. The first-order valence-corrected chi connectivity index (χ1v) is 9.39. The van der Waals surface area contributed by atoms with E-state index in [0.717, 1.165) is 12.2 Å². The van der Waals surface area contributed by atoms with Crippen LogP contribution < -0.4 is 5.32 Å². The van der Waals surface area contributed by atoms with Crippen LogP contribution in [0.5, 0.6) is 0 Å². The second-order valence-electron chi connectivity index (χ2n) is 7.27. The number of amides is 1. The Hall–Kier alpha value is -2.20. The fourth-order valence-corrected chi connectivity index (χ4v) is 3.70. The molecule has 26 heavy (non-hydrogen) atoms. The SMILES string of the molecule is CC(C)c1cccc([C@@H]2CN(C(=O)O)C[C@H]2CNc2ccc(Cl)cc2)c1. The summed E-state index contributed by atoms with van der Waals surface area (Å²) in [6.45, 7) is 6.17. The molecule has 1 heterocycles. The smallest absolute Gasteiger partial charge is 0.407 e. The van der Waals surface area contributed by atoms with Gasteiger partial charge < -0.3 is 15.3 Å². The van der Waals surface area contributed by atoms with Gasteiger partial charge in [0.2, 0.25) is 0 Å². The monoisotopic (exact) mass is 372 g/mol. The molecular weight excluding hydrogens is 348 g/mol. The number of likely N-dealkylation sites (tertiary alicyclic amines) is 1. The second-order valence-corrected chi connectivity index (χ2v) is 7.70. The average Bonchev–Trinajstić information content (AvgIpc) is 3.06. The first-order chi connectivity index (χ1) is 12.4. The number of halogens is 1. The van der Waals surface area contributed by atoms with Crippen molar-refractivity contribution in [1.29, 1.82) is 0 Å². The fourth-order valence-electron chi connectivity index (χ4n) is 3.58. The molecule has 0 radical (unpaired) electrons. The Morgan fingerprint density at radius 1 is 1.23 bits per heavy atom. The molecule has 138 valence electrons. The van der Waals surface area contributed by atoms with Crippen LogP contribution in [0.2, 0.25) is 5.02 Å². The minimum atomic E-state index is -0.844. The van der Waals surface area contributed by atoms with E-state index in [-0.39, 0.29) is 11.8 Å². The highest BCUT2D eigenvalue weighted by Crippen LogP contribution is 2.34. The summed E-state index contributed by atoms with van der Waals surface area (Å²) in [4.78, 5) is 13.0. The van der Waals surface area contributed by atoms with E-state index in [1.54, 1.807) is 0 Å². The molecule has 2 N–H and O–H groups in total. The van der Waals surface area contributed by atoms with E-state index in [1.165, 1.54) is 16.0 Å². The van der Waals surface area contributed by atoms with E-state index in [2.05, 4.69) is 43.4 Å². The zero-order chi connectivity index (χ0) is 18.7. The summed E-state index contributed by atoms with van der Waals surface area (Å²) in [5, 5.41) is 13.6. The van der Waals surface area contributed by atoms with Gasteiger partial charge in [-0.3, -0.25) is 0 Å². The molecule has 0 saturated carbocycles. The number of benzene rings is 2. The Morgan fingerprint density at radius 3 is 2.62 bits per heavy atom. The molecule has 4 nitrogen and oxygen atoms in total. The molecule has 5 heteroatoms. The van der Waals surface area contributed by atoms with E-state index in [9.17, 15) is 9.90 Å². The van der Waals surface area contributed by atoms with Gasteiger partial charge in [0.15, 0.2) is 0 Å². The van der Waals surface area contributed by atoms with Crippen LogP contribution in [-0.2, 0) is 0 Å². The number of nitrogens with one attached hydrogen (secondary N) is 1. The Bertz CT molecular complexity index is 761. The molecule has 2 aromatic rings. The maximum Gasteiger partial charge on any atom is 0.407 e. The molecule has 1 amide bonds. The van der Waals surface area contributed by atoms with Crippen LogP contribution in [0.4, 0.5) is 10.5 Å². The van der Waals surface area contributed by atoms with Crippen molar-refractivity contribution in [2.75, 3.05) is 25.0 Å². The van der Waals surface area contributed by atoms with Crippen molar-refractivity contribution in [2.24, 2.45) is 5.92 Å². The molecule has 0 unspecified atom stereocenters. The summed E-state index contributed by atoms with van der Waals surface area (Å²) in [6, 6.07) is 16.2. The quantitative estimate of drug-likeness (QED) is 0.751. The molecule has 0 aliphatic carbocycles. The molecule has 1 aliphatic rings. The van der Waals surface area contributed by atoms with Crippen LogP contribution in [0.1, 0.15) is 36.8 Å². The van der Waals surface area contributed by atoms with Gasteiger partial charge in [0.25, 0.3) is 0 Å². The number of rotatable bonds is 5. The normalized spacial score (nSPS) is 19.8. The summed E-state index contributed by atoms with van der Waals surface area (Å²) in [7, 11) is 0.